The fraction of sp³-hybridized carbons (Fsp3) is 0.667. The van der Waals surface area contributed by atoms with Crippen LogP contribution in [0.5, 0.6) is 0 Å². The Bertz CT molecular complexity index is 447. The Morgan fingerprint density at radius 3 is 2.17 bits per heavy atom. The van der Waals surface area contributed by atoms with Gasteiger partial charge in [-0.3, -0.25) is 4.79 Å². The molecule has 0 saturated carbocycles. The number of hydrogen-bond donors (Lipinski definition) is 0. The highest BCUT2D eigenvalue weighted by Gasteiger charge is 2.39. The fourth-order valence-electron chi connectivity index (χ4n) is 1.25. The molecule has 6 nitrogen and oxygen atoms in total. The van der Waals surface area contributed by atoms with Gasteiger partial charge in [-0.1, -0.05) is 20.4 Å². The van der Waals surface area contributed by atoms with Crippen molar-refractivity contribution in [3.63, 3.8) is 0 Å². The van der Waals surface area contributed by atoms with E-state index in [2.05, 4.69) is 11.3 Å². The monoisotopic (exact) mass is 336 g/mol. The average molecular weight is 336 g/mol. The van der Waals surface area contributed by atoms with E-state index in [-0.39, 0.29) is 12.0 Å². The Hall–Kier alpha value is -1.99. The Morgan fingerprint density at radius 1 is 1.13 bits per heavy atom. The minimum atomic E-state index is -3.62. The summed E-state index contributed by atoms with van der Waals surface area (Å²) in [6, 6.07) is 0. The second kappa shape index (κ2) is 9.91. The molecule has 1 unspecified atom stereocenters. The molecule has 0 heterocycles. The maximum absolute atomic E-state index is 13.1. The largest absolute Gasteiger partial charge is 0.462 e. The van der Waals surface area contributed by atoms with E-state index in [4.69, 9.17) is 9.47 Å². The summed E-state index contributed by atoms with van der Waals surface area (Å²) in [5, 5.41) is 0. The first-order valence-corrected chi connectivity index (χ1v) is 7.21. The molecule has 0 aromatic carbocycles. The summed E-state index contributed by atoms with van der Waals surface area (Å²) in [6.45, 7) is 6.62. The van der Waals surface area contributed by atoms with E-state index in [1.54, 1.807) is 6.92 Å². The van der Waals surface area contributed by atoms with Gasteiger partial charge < -0.3 is 14.2 Å². The lowest BCUT2D eigenvalue weighted by Crippen LogP contribution is -2.36. The number of halogens is 2. The molecule has 0 fully saturated rings. The molecule has 0 aromatic rings. The van der Waals surface area contributed by atoms with Crippen molar-refractivity contribution in [2.24, 2.45) is 0 Å². The van der Waals surface area contributed by atoms with Crippen LogP contribution in [-0.2, 0) is 28.6 Å². The molecule has 0 amide bonds. The molecule has 132 valence electrons. The first kappa shape index (κ1) is 21.0. The number of esters is 3. The quantitative estimate of drug-likeness (QED) is 0.346. The summed E-state index contributed by atoms with van der Waals surface area (Å²) in [5.74, 6) is -6.69. The average Bonchev–Trinajstić information content (AvgIpc) is 2.49. The van der Waals surface area contributed by atoms with Crippen molar-refractivity contribution >= 4 is 17.9 Å². The number of hydrogen-bond acceptors (Lipinski definition) is 6. The molecule has 0 aliphatic heterocycles. The summed E-state index contributed by atoms with van der Waals surface area (Å²) >= 11 is 0. The van der Waals surface area contributed by atoms with E-state index in [1.807, 2.05) is 0 Å². The molecule has 0 aromatic heterocycles. The lowest BCUT2D eigenvalue weighted by molar-refractivity contribution is -0.180. The van der Waals surface area contributed by atoms with Crippen LogP contribution in [0.3, 0.4) is 0 Å². The Labute approximate surface area is 133 Å². The molecule has 0 spiro atoms. The molecule has 0 radical (unpaired) electrons. The molecule has 0 rings (SSSR count). The molecule has 1 atom stereocenters. The van der Waals surface area contributed by atoms with Gasteiger partial charge in [-0.2, -0.15) is 8.78 Å². The van der Waals surface area contributed by atoms with Crippen LogP contribution in [0.4, 0.5) is 8.78 Å². The number of rotatable bonds is 10. The van der Waals surface area contributed by atoms with Crippen LogP contribution in [-0.4, -0.2) is 43.1 Å². The van der Waals surface area contributed by atoms with Gasteiger partial charge in [0.25, 0.3) is 0 Å². The molecule has 23 heavy (non-hydrogen) atoms. The van der Waals surface area contributed by atoms with Gasteiger partial charge in [-0.05, 0) is 13.3 Å². The number of carbonyl (C=O) groups is 3. The van der Waals surface area contributed by atoms with Crippen molar-refractivity contribution in [3.8, 4) is 0 Å². The van der Waals surface area contributed by atoms with E-state index < -0.39 is 49.6 Å². The summed E-state index contributed by atoms with van der Waals surface area (Å²) in [6.07, 6.45) is -1.17. The van der Waals surface area contributed by atoms with Crippen LogP contribution in [0, 0.1) is 0 Å². The van der Waals surface area contributed by atoms with Crippen LogP contribution in [0.2, 0.25) is 0 Å². The molecular weight excluding hydrogens is 314 g/mol. The summed E-state index contributed by atoms with van der Waals surface area (Å²) in [5.41, 5.74) is 0.0695. The van der Waals surface area contributed by atoms with Crippen molar-refractivity contribution < 1.29 is 37.4 Å². The van der Waals surface area contributed by atoms with Crippen molar-refractivity contribution in [2.45, 2.75) is 52.1 Å². The Kier molecular flexibility index (Phi) is 9.05. The van der Waals surface area contributed by atoms with E-state index >= 15 is 0 Å². The summed E-state index contributed by atoms with van der Waals surface area (Å²) in [4.78, 5) is 34.0. The summed E-state index contributed by atoms with van der Waals surface area (Å²) < 4.78 is 40.4. The van der Waals surface area contributed by atoms with Crippen LogP contribution in [0.1, 0.15) is 40.0 Å². The predicted molar refractivity (Wildman–Crippen MR) is 76.8 cm³/mol. The van der Waals surface area contributed by atoms with E-state index in [0.717, 1.165) is 6.92 Å². The molecule has 0 aliphatic carbocycles. The van der Waals surface area contributed by atoms with Crippen LogP contribution in [0.15, 0.2) is 12.2 Å². The minimum Gasteiger partial charge on any atom is -0.462 e. The highest BCUT2D eigenvalue weighted by Crippen LogP contribution is 2.19. The van der Waals surface area contributed by atoms with Gasteiger partial charge in [0.2, 0.25) is 0 Å². The third kappa shape index (κ3) is 8.27. The second-order valence-corrected chi connectivity index (χ2v) is 4.90. The fourth-order valence-corrected chi connectivity index (χ4v) is 1.25. The summed E-state index contributed by atoms with van der Waals surface area (Å²) in [7, 11) is 0. The molecule has 0 N–H and O–H groups in total. The van der Waals surface area contributed by atoms with Gasteiger partial charge in [0, 0.05) is 18.4 Å². The zero-order valence-corrected chi connectivity index (χ0v) is 13.5. The molecule has 0 saturated heterocycles. The second-order valence-electron chi connectivity index (χ2n) is 4.90. The van der Waals surface area contributed by atoms with Crippen molar-refractivity contribution in [3.05, 3.63) is 12.2 Å². The third-order valence-corrected chi connectivity index (χ3v) is 2.65. The number of ether oxygens (including phenoxy) is 3. The topological polar surface area (TPSA) is 78.9 Å². The number of carbonyl (C=O) groups excluding carboxylic acids is 3. The first-order valence-electron chi connectivity index (χ1n) is 7.21. The maximum Gasteiger partial charge on any atom is 0.377 e. The van der Waals surface area contributed by atoms with Gasteiger partial charge >= 0.3 is 23.8 Å². The van der Waals surface area contributed by atoms with Crippen LogP contribution >= 0.6 is 0 Å². The highest BCUT2D eigenvalue weighted by molar-refractivity contribution is 5.87. The first-order chi connectivity index (χ1) is 10.6. The zero-order chi connectivity index (χ0) is 18.0. The third-order valence-electron chi connectivity index (χ3n) is 2.65. The highest BCUT2D eigenvalue weighted by atomic mass is 19.3. The lowest BCUT2D eigenvalue weighted by atomic mass is 10.2. The van der Waals surface area contributed by atoms with Crippen LogP contribution in [0.25, 0.3) is 0 Å². The SMILES string of the molecule is C=C(C)C(=O)OC(COC(=O)CCC)COC(=O)C(F)(F)CC. The van der Waals surface area contributed by atoms with E-state index in [9.17, 15) is 23.2 Å². The predicted octanol–water partition coefficient (Wildman–Crippen LogP) is 2.41. The lowest BCUT2D eigenvalue weighted by Gasteiger charge is -2.19. The van der Waals surface area contributed by atoms with Crippen molar-refractivity contribution in [2.75, 3.05) is 13.2 Å². The van der Waals surface area contributed by atoms with Crippen molar-refractivity contribution in [1.82, 2.24) is 0 Å². The zero-order valence-electron chi connectivity index (χ0n) is 13.5. The van der Waals surface area contributed by atoms with E-state index in [0.29, 0.717) is 6.42 Å². The minimum absolute atomic E-state index is 0.0695. The van der Waals surface area contributed by atoms with Gasteiger partial charge in [0.15, 0.2) is 6.10 Å². The molecular formula is C15H22F2O6. The molecule has 0 bridgehead atoms. The number of alkyl halides is 2. The van der Waals surface area contributed by atoms with Gasteiger partial charge in [-0.15, -0.1) is 0 Å². The smallest absolute Gasteiger partial charge is 0.377 e. The van der Waals surface area contributed by atoms with Gasteiger partial charge in [0.1, 0.15) is 13.2 Å². The molecule has 0 aliphatic rings. The van der Waals surface area contributed by atoms with Crippen molar-refractivity contribution in [1.29, 1.82) is 0 Å². The normalized spacial score (nSPS) is 12.2. The van der Waals surface area contributed by atoms with Gasteiger partial charge in [-0.25, -0.2) is 9.59 Å². The Balaban J connectivity index is 4.65. The Morgan fingerprint density at radius 2 is 1.70 bits per heavy atom. The van der Waals surface area contributed by atoms with Crippen LogP contribution < -0.4 is 0 Å². The standard InChI is InChI=1S/C15H22F2O6/c1-5-7-12(18)21-8-11(23-13(19)10(3)4)9-22-14(20)15(16,17)6-2/h11H,3,5-9H2,1-2,4H3. The van der Waals surface area contributed by atoms with Gasteiger partial charge in [0.05, 0.1) is 0 Å². The van der Waals surface area contributed by atoms with E-state index in [1.165, 1.54) is 6.92 Å². The maximum atomic E-state index is 13.1. The molecule has 8 heteroatoms.